The van der Waals surface area contributed by atoms with E-state index in [-0.39, 0.29) is 24.3 Å². The normalized spacial score (nSPS) is 17.2. The predicted octanol–water partition coefficient (Wildman–Crippen LogP) is 5.87. The molecule has 0 radical (unpaired) electrons. The molecule has 3 aromatic rings. The number of carbonyl (C=O) groups excluding carboxylic acids is 3. The Morgan fingerprint density at radius 2 is 1.92 bits per heavy atom. The summed E-state index contributed by atoms with van der Waals surface area (Å²) in [6, 6.07) is 6.55. The van der Waals surface area contributed by atoms with Crippen LogP contribution in [0.25, 0.3) is 11.3 Å². The van der Waals surface area contributed by atoms with E-state index in [4.69, 9.17) is 34.8 Å². The molecule has 0 bridgehead atoms. The summed E-state index contributed by atoms with van der Waals surface area (Å²) in [7, 11) is 0. The molecule has 7 nitrogen and oxygen atoms in total. The Kier molecular flexibility index (Phi) is 7.14. The van der Waals surface area contributed by atoms with Crippen molar-refractivity contribution in [2.24, 2.45) is 0 Å². The highest BCUT2D eigenvalue weighted by atomic mass is 35.5. The van der Waals surface area contributed by atoms with Gasteiger partial charge in [0.25, 0.3) is 17.7 Å². The molecule has 200 valence electrons. The maximum atomic E-state index is 13.6. The molecule has 0 spiro atoms. The van der Waals surface area contributed by atoms with Gasteiger partial charge in [0.1, 0.15) is 0 Å². The van der Waals surface area contributed by atoms with Crippen LogP contribution in [-0.4, -0.2) is 45.0 Å². The lowest BCUT2D eigenvalue weighted by molar-refractivity contribution is -0.137. The smallest absolute Gasteiger partial charge is 0.261 e. The van der Waals surface area contributed by atoms with Crippen molar-refractivity contribution in [3.05, 3.63) is 84.1 Å². The van der Waals surface area contributed by atoms with Gasteiger partial charge in [-0.2, -0.15) is 5.10 Å². The Morgan fingerprint density at radius 3 is 2.72 bits per heavy atom. The van der Waals surface area contributed by atoms with Gasteiger partial charge in [0.2, 0.25) is 0 Å². The summed E-state index contributed by atoms with van der Waals surface area (Å²) < 4.78 is 1.88. The molecule has 1 aliphatic carbocycles. The number of imide groups is 1. The Labute approximate surface area is 244 Å². The number of rotatable bonds is 6. The number of halogens is 3. The summed E-state index contributed by atoms with van der Waals surface area (Å²) in [5, 5.41) is 8.82. The van der Waals surface area contributed by atoms with E-state index in [1.54, 1.807) is 24.4 Å². The molecule has 3 amide bonds. The Balaban J connectivity index is 1.27. The minimum Gasteiger partial charge on any atom is -0.346 e. The highest BCUT2D eigenvalue weighted by molar-refractivity contribution is 7.14. The lowest BCUT2D eigenvalue weighted by Crippen LogP contribution is -2.47. The van der Waals surface area contributed by atoms with Gasteiger partial charge in [0, 0.05) is 34.7 Å². The van der Waals surface area contributed by atoms with Gasteiger partial charge >= 0.3 is 0 Å². The second-order valence-corrected chi connectivity index (χ2v) is 12.2. The van der Waals surface area contributed by atoms with E-state index < -0.39 is 6.04 Å². The first-order valence-electron chi connectivity index (χ1n) is 12.6. The predicted molar refractivity (Wildman–Crippen MR) is 152 cm³/mol. The lowest BCUT2D eigenvalue weighted by Gasteiger charge is -2.24. The maximum Gasteiger partial charge on any atom is 0.261 e. The standard InChI is InChI=1S/C28H23Cl3N4O3S/c29-20-8-7-15(11-21(20)30)10-16(14-34-27(37)17-4-1-2-5-18(17)28(34)38)33-26(36)24-12-19-23(39-24)6-3-9-35-25(19)22(31)13-32-35/h1,4,7-8,11-13,16H,2-3,5-6,9-10,14H2,(H,33,36)/t16-/m0/s1. The first-order chi connectivity index (χ1) is 18.8. The number of thiophene rings is 1. The zero-order valence-corrected chi connectivity index (χ0v) is 23.8. The van der Waals surface area contributed by atoms with E-state index in [9.17, 15) is 14.4 Å². The molecular formula is C28H23Cl3N4O3S. The largest absolute Gasteiger partial charge is 0.346 e. The zero-order valence-electron chi connectivity index (χ0n) is 20.7. The number of hydrogen-bond acceptors (Lipinski definition) is 5. The second kappa shape index (κ2) is 10.6. The van der Waals surface area contributed by atoms with Gasteiger partial charge in [-0.3, -0.25) is 24.0 Å². The maximum absolute atomic E-state index is 13.6. The van der Waals surface area contributed by atoms with Crippen LogP contribution in [0.3, 0.4) is 0 Å². The van der Waals surface area contributed by atoms with Crippen LogP contribution in [-0.2, 0) is 29.0 Å². The van der Waals surface area contributed by atoms with Crippen molar-refractivity contribution < 1.29 is 14.4 Å². The molecule has 1 atom stereocenters. The van der Waals surface area contributed by atoms with Crippen molar-refractivity contribution in [2.45, 2.75) is 44.7 Å². The molecule has 0 saturated heterocycles. The van der Waals surface area contributed by atoms with Crippen LogP contribution in [0.4, 0.5) is 0 Å². The van der Waals surface area contributed by atoms with Gasteiger partial charge in [-0.25, -0.2) is 0 Å². The topological polar surface area (TPSA) is 84.3 Å². The molecule has 11 heteroatoms. The van der Waals surface area contributed by atoms with Crippen molar-refractivity contribution in [3.63, 3.8) is 0 Å². The molecule has 3 aliphatic rings. The first kappa shape index (κ1) is 26.3. The molecule has 1 aromatic carbocycles. The molecule has 0 saturated carbocycles. The molecular weight excluding hydrogens is 579 g/mol. The third kappa shape index (κ3) is 4.95. The van der Waals surface area contributed by atoms with Crippen LogP contribution in [0.2, 0.25) is 15.1 Å². The molecule has 4 heterocycles. The number of benzene rings is 1. The number of nitrogens with one attached hydrogen (secondary N) is 1. The molecule has 2 aromatic heterocycles. The summed E-state index contributed by atoms with van der Waals surface area (Å²) in [4.78, 5) is 42.7. The van der Waals surface area contributed by atoms with Gasteiger partial charge in [0.15, 0.2) is 0 Å². The van der Waals surface area contributed by atoms with Crippen molar-refractivity contribution in [1.82, 2.24) is 20.0 Å². The van der Waals surface area contributed by atoms with Crippen LogP contribution in [0, 0.1) is 0 Å². The van der Waals surface area contributed by atoms with Gasteiger partial charge in [-0.1, -0.05) is 53.0 Å². The quantitative estimate of drug-likeness (QED) is 0.358. The average Bonchev–Trinajstić information content (AvgIpc) is 3.53. The molecule has 39 heavy (non-hydrogen) atoms. The van der Waals surface area contributed by atoms with Crippen LogP contribution in [0.1, 0.15) is 39.4 Å². The van der Waals surface area contributed by atoms with Crippen molar-refractivity contribution >= 4 is 63.9 Å². The number of aromatic nitrogens is 2. The molecule has 2 aliphatic heterocycles. The highest BCUT2D eigenvalue weighted by Gasteiger charge is 2.39. The Morgan fingerprint density at radius 1 is 1.08 bits per heavy atom. The van der Waals surface area contributed by atoms with Crippen LogP contribution < -0.4 is 5.32 Å². The fourth-order valence-electron chi connectivity index (χ4n) is 5.36. The Bertz CT molecular complexity index is 1590. The third-order valence-corrected chi connectivity index (χ3v) is 9.42. The fraction of sp³-hybridized carbons (Fsp3) is 0.286. The summed E-state index contributed by atoms with van der Waals surface area (Å²) in [6.45, 7) is 0.802. The first-order valence-corrected chi connectivity index (χ1v) is 14.6. The van der Waals surface area contributed by atoms with E-state index in [1.165, 1.54) is 16.2 Å². The van der Waals surface area contributed by atoms with E-state index in [2.05, 4.69) is 10.4 Å². The molecule has 1 N–H and O–H groups in total. The third-order valence-electron chi connectivity index (χ3n) is 7.21. The van der Waals surface area contributed by atoms with Crippen LogP contribution >= 0.6 is 46.1 Å². The minimum absolute atomic E-state index is 0.0359. The number of amides is 3. The number of carbonyl (C=O) groups is 3. The second-order valence-electron chi connectivity index (χ2n) is 9.79. The number of allylic oxidation sites excluding steroid dienone is 1. The van der Waals surface area contributed by atoms with Gasteiger partial charge in [-0.05, 0) is 55.9 Å². The molecule has 0 unspecified atom stereocenters. The van der Waals surface area contributed by atoms with Gasteiger partial charge in [-0.15, -0.1) is 11.3 Å². The van der Waals surface area contributed by atoms with E-state index >= 15 is 0 Å². The number of fused-ring (bicyclic) bond motifs is 3. The highest BCUT2D eigenvalue weighted by Crippen LogP contribution is 2.39. The van der Waals surface area contributed by atoms with Gasteiger partial charge in [0.05, 0.1) is 37.9 Å². The fourth-order valence-corrected chi connectivity index (χ4v) is 7.03. The number of nitrogens with zero attached hydrogens (tertiary/aromatic N) is 3. The Hall–Kier alpha value is -2.91. The molecule has 6 rings (SSSR count). The van der Waals surface area contributed by atoms with Crippen LogP contribution in [0.5, 0.6) is 0 Å². The van der Waals surface area contributed by atoms with Crippen molar-refractivity contribution in [3.8, 4) is 11.3 Å². The van der Waals surface area contributed by atoms with Crippen LogP contribution in [0.15, 0.2) is 53.8 Å². The van der Waals surface area contributed by atoms with Crippen molar-refractivity contribution in [1.29, 1.82) is 0 Å². The lowest BCUT2D eigenvalue weighted by atomic mass is 10.00. The summed E-state index contributed by atoms with van der Waals surface area (Å²) in [5.41, 5.74) is 3.55. The summed E-state index contributed by atoms with van der Waals surface area (Å²) in [5.74, 6) is -0.902. The summed E-state index contributed by atoms with van der Waals surface area (Å²) >= 11 is 20.2. The number of hydrogen-bond donors (Lipinski definition) is 1. The summed E-state index contributed by atoms with van der Waals surface area (Å²) in [6.07, 6.45) is 8.58. The van der Waals surface area contributed by atoms with E-state index in [1.807, 2.05) is 22.9 Å². The SMILES string of the molecule is O=C(N[C@@H](Cc1ccc(Cl)c(Cl)c1)CN1C(=O)C2=C(CCC=C2)C1=O)c1cc2c(s1)CCCn1ncc(Cl)c1-2. The monoisotopic (exact) mass is 600 g/mol. The van der Waals surface area contributed by atoms with E-state index in [0.29, 0.717) is 43.9 Å². The van der Waals surface area contributed by atoms with Gasteiger partial charge < -0.3 is 5.32 Å². The average molecular weight is 602 g/mol. The minimum atomic E-state index is -0.552. The zero-order chi connectivity index (χ0) is 27.3. The molecule has 0 fully saturated rings. The van der Waals surface area contributed by atoms with E-state index in [0.717, 1.165) is 47.5 Å². The number of aryl methyl sites for hydroxylation is 2. The van der Waals surface area contributed by atoms with Crippen molar-refractivity contribution in [2.75, 3.05) is 6.54 Å².